The van der Waals surface area contributed by atoms with E-state index in [1.807, 2.05) is 0 Å². The minimum absolute atomic E-state index is 0.115. The fourth-order valence-corrected chi connectivity index (χ4v) is 9.06. The third-order valence-electron chi connectivity index (χ3n) is 11.4. The molecule has 0 aromatic carbocycles. The quantitative estimate of drug-likeness (QED) is 0.344. The van der Waals surface area contributed by atoms with Gasteiger partial charge in [-0.05, 0) is 77.0 Å². The molecule has 5 saturated carbocycles. The van der Waals surface area contributed by atoms with Crippen LogP contribution in [-0.2, 0) is 14.4 Å². The molecule has 6 heteroatoms. The van der Waals surface area contributed by atoms with Crippen LogP contribution >= 0.6 is 0 Å². The minimum Gasteiger partial charge on any atom is -0.480 e. The summed E-state index contributed by atoms with van der Waals surface area (Å²) < 4.78 is 0. The second kappa shape index (κ2) is 13.4. The van der Waals surface area contributed by atoms with Gasteiger partial charge in [0.25, 0.3) is 0 Å². The molecule has 0 aromatic heterocycles. The van der Waals surface area contributed by atoms with Gasteiger partial charge < -0.3 is 14.9 Å². The number of rotatable bonds is 7. The molecule has 0 aromatic rings. The second-order valence-electron chi connectivity index (χ2n) is 13.8. The predicted octanol–water partition coefficient (Wildman–Crippen LogP) is 7.24. The van der Waals surface area contributed by atoms with Crippen molar-refractivity contribution in [3.8, 4) is 0 Å². The predicted molar refractivity (Wildman–Crippen MR) is 153 cm³/mol. The van der Waals surface area contributed by atoms with Crippen LogP contribution in [0.1, 0.15) is 154 Å². The number of carbonyl (C=O) groups excluding carboxylic acids is 2. The number of aliphatic carboxylic acids is 1. The van der Waals surface area contributed by atoms with E-state index in [4.69, 9.17) is 0 Å². The van der Waals surface area contributed by atoms with E-state index in [1.54, 1.807) is 0 Å². The lowest BCUT2D eigenvalue weighted by Gasteiger charge is -2.48. The van der Waals surface area contributed by atoms with Gasteiger partial charge in [0.15, 0.2) is 0 Å². The van der Waals surface area contributed by atoms with Crippen LogP contribution in [0.4, 0.5) is 0 Å². The van der Waals surface area contributed by atoms with Crippen molar-refractivity contribution in [1.82, 2.24) is 9.80 Å². The van der Waals surface area contributed by atoms with Gasteiger partial charge in [0.2, 0.25) is 11.8 Å². The third-order valence-corrected chi connectivity index (χ3v) is 11.4. The maximum absolute atomic E-state index is 14.4. The SMILES string of the molecule is O=C(C1CCC(C(=O)O)(C(=O)N(C2CCCCC2)C2CCCCC2)CC1)N(C1CCCCC1)C1CCCCC1. The number of hydrogen-bond acceptors (Lipinski definition) is 3. The molecule has 0 aliphatic heterocycles. The van der Waals surface area contributed by atoms with Gasteiger partial charge >= 0.3 is 5.97 Å². The molecule has 5 fully saturated rings. The molecule has 39 heavy (non-hydrogen) atoms. The van der Waals surface area contributed by atoms with Gasteiger partial charge in [-0.3, -0.25) is 14.4 Å². The van der Waals surface area contributed by atoms with Crippen LogP contribution in [0.5, 0.6) is 0 Å². The van der Waals surface area contributed by atoms with E-state index in [1.165, 1.54) is 51.4 Å². The number of hydrogen-bond donors (Lipinski definition) is 1. The molecule has 0 heterocycles. The summed E-state index contributed by atoms with van der Waals surface area (Å²) in [6.45, 7) is 0. The average molecular weight is 543 g/mol. The Morgan fingerprint density at radius 1 is 0.487 bits per heavy atom. The first-order chi connectivity index (χ1) is 19.0. The first-order valence-electron chi connectivity index (χ1n) is 16.9. The smallest absolute Gasteiger partial charge is 0.319 e. The van der Waals surface area contributed by atoms with Gasteiger partial charge in [-0.15, -0.1) is 0 Å². The average Bonchev–Trinajstić information content (AvgIpc) is 2.99. The Morgan fingerprint density at radius 3 is 1.15 bits per heavy atom. The second-order valence-corrected chi connectivity index (χ2v) is 13.8. The van der Waals surface area contributed by atoms with Crippen LogP contribution in [0, 0.1) is 11.3 Å². The fraction of sp³-hybridized carbons (Fsp3) is 0.909. The van der Waals surface area contributed by atoms with E-state index in [-0.39, 0.29) is 29.8 Å². The molecule has 0 bridgehead atoms. The minimum atomic E-state index is -1.35. The maximum atomic E-state index is 14.4. The Balaban J connectivity index is 1.32. The molecule has 5 aliphatic carbocycles. The zero-order chi connectivity index (χ0) is 27.2. The highest BCUT2D eigenvalue weighted by molar-refractivity contribution is 6.02. The monoisotopic (exact) mass is 542 g/mol. The van der Waals surface area contributed by atoms with Crippen molar-refractivity contribution in [2.45, 2.75) is 178 Å². The zero-order valence-corrected chi connectivity index (χ0v) is 24.4. The van der Waals surface area contributed by atoms with Gasteiger partial charge in [-0.2, -0.15) is 0 Å². The molecule has 2 amide bonds. The van der Waals surface area contributed by atoms with E-state index in [9.17, 15) is 19.5 Å². The summed E-state index contributed by atoms with van der Waals surface area (Å²) in [5, 5.41) is 10.6. The van der Waals surface area contributed by atoms with E-state index >= 15 is 0 Å². The Kier molecular flexibility index (Phi) is 9.92. The molecule has 0 spiro atoms. The molecular formula is C33H54N2O4. The lowest BCUT2D eigenvalue weighted by atomic mass is 9.68. The molecule has 220 valence electrons. The lowest BCUT2D eigenvalue weighted by Crippen LogP contribution is -2.58. The molecule has 0 radical (unpaired) electrons. The standard InChI is InChI=1S/C33H54N2O4/c36-30(34(26-13-5-1-6-14-26)27-15-7-2-8-16-27)25-21-23-33(24-22-25,32(38)39)31(37)35(28-17-9-3-10-18-28)29-19-11-4-12-20-29/h25-29H,1-24H2,(H,38,39). The van der Waals surface area contributed by atoms with Crippen molar-refractivity contribution in [2.75, 3.05) is 0 Å². The Morgan fingerprint density at radius 2 is 0.821 bits per heavy atom. The summed E-state index contributed by atoms with van der Waals surface area (Å²) in [6, 6.07) is 1.10. The molecule has 0 saturated heterocycles. The van der Waals surface area contributed by atoms with Crippen molar-refractivity contribution in [1.29, 1.82) is 0 Å². The van der Waals surface area contributed by atoms with Crippen molar-refractivity contribution in [3.05, 3.63) is 0 Å². The molecule has 6 nitrogen and oxygen atoms in total. The van der Waals surface area contributed by atoms with Crippen LogP contribution in [0.2, 0.25) is 0 Å². The van der Waals surface area contributed by atoms with Crippen molar-refractivity contribution < 1.29 is 19.5 Å². The van der Waals surface area contributed by atoms with Gasteiger partial charge in [0.05, 0.1) is 0 Å². The Labute approximate surface area is 236 Å². The summed E-state index contributed by atoms with van der Waals surface area (Å²) in [5.41, 5.74) is -1.35. The van der Waals surface area contributed by atoms with Crippen LogP contribution in [0.25, 0.3) is 0 Å². The van der Waals surface area contributed by atoms with Crippen LogP contribution < -0.4 is 0 Å². The van der Waals surface area contributed by atoms with E-state index in [0.717, 1.165) is 77.0 Å². The zero-order valence-electron chi connectivity index (χ0n) is 24.4. The number of carbonyl (C=O) groups is 3. The summed E-state index contributed by atoms with van der Waals surface area (Å²) in [5.74, 6) is -0.925. The number of carboxylic acids is 1. The number of amides is 2. The van der Waals surface area contributed by atoms with Crippen molar-refractivity contribution in [3.63, 3.8) is 0 Å². The lowest BCUT2D eigenvalue weighted by molar-refractivity contribution is -0.169. The molecular weight excluding hydrogens is 488 g/mol. The number of carboxylic acid groups (broad SMARTS) is 1. The van der Waals surface area contributed by atoms with Gasteiger partial charge in [-0.25, -0.2) is 0 Å². The van der Waals surface area contributed by atoms with Gasteiger partial charge in [-0.1, -0.05) is 77.0 Å². The maximum Gasteiger partial charge on any atom is 0.319 e. The van der Waals surface area contributed by atoms with Gasteiger partial charge in [0, 0.05) is 30.1 Å². The highest BCUT2D eigenvalue weighted by atomic mass is 16.4. The van der Waals surface area contributed by atoms with Crippen LogP contribution in [-0.4, -0.2) is 56.9 Å². The number of nitrogens with zero attached hydrogens (tertiary/aromatic N) is 2. The molecule has 5 rings (SSSR count). The fourth-order valence-electron chi connectivity index (χ4n) is 9.06. The van der Waals surface area contributed by atoms with E-state index < -0.39 is 11.4 Å². The van der Waals surface area contributed by atoms with Crippen LogP contribution in [0.15, 0.2) is 0 Å². The highest BCUT2D eigenvalue weighted by Crippen LogP contribution is 2.45. The van der Waals surface area contributed by atoms with Gasteiger partial charge in [0.1, 0.15) is 5.41 Å². The molecule has 0 atom stereocenters. The Hall–Kier alpha value is -1.59. The normalized spacial score (nSPS) is 30.5. The summed E-state index contributed by atoms with van der Waals surface area (Å²) >= 11 is 0. The Bertz CT molecular complexity index is 791. The molecule has 5 aliphatic rings. The largest absolute Gasteiger partial charge is 0.480 e. The first-order valence-corrected chi connectivity index (χ1v) is 16.9. The van der Waals surface area contributed by atoms with E-state index in [0.29, 0.717) is 37.8 Å². The van der Waals surface area contributed by atoms with Crippen molar-refractivity contribution >= 4 is 17.8 Å². The summed E-state index contributed by atoms with van der Waals surface area (Å²) in [6.07, 6.45) is 24.6. The molecule has 0 unspecified atom stereocenters. The highest BCUT2D eigenvalue weighted by Gasteiger charge is 2.54. The topological polar surface area (TPSA) is 77.9 Å². The van der Waals surface area contributed by atoms with Crippen LogP contribution in [0.3, 0.4) is 0 Å². The first kappa shape index (κ1) is 28.9. The van der Waals surface area contributed by atoms with E-state index in [2.05, 4.69) is 9.80 Å². The molecule has 1 N–H and O–H groups in total. The summed E-state index contributed by atoms with van der Waals surface area (Å²) in [7, 11) is 0. The van der Waals surface area contributed by atoms with Crippen molar-refractivity contribution in [2.24, 2.45) is 11.3 Å². The third kappa shape index (κ3) is 6.35. The summed E-state index contributed by atoms with van der Waals surface area (Å²) in [4.78, 5) is 45.9.